The molecule has 4 aromatic rings. The van der Waals surface area contributed by atoms with Gasteiger partial charge in [-0.2, -0.15) is 5.10 Å². The minimum absolute atomic E-state index is 0.241. The van der Waals surface area contributed by atoms with Gasteiger partial charge in [-0.15, -0.1) is 0 Å². The van der Waals surface area contributed by atoms with Gasteiger partial charge in [0.25, 0.3) is 5.91 Å². The molecule has 1 N–H and O–H groups in total. The molecule has 0 radical (unpaired) electrons. The smallest absolute Gasteiger partial charge is 0.254 e. The van der Waals surface area contributed by atoms with Crippen LogP contribution < -0.4 is 10.1 Å². The molecule has 28 heavy (non-hydrogen) atoms. The van der Waals surface area contributed by atoms with Crippen molar-refractivity contribution >= 4 is 11.6 Å². The number of aryl methyl sites for hydroxylation is 2. The Hall–Kier alpha value is -3.81. The lowest BCUT2D eigenvalue weighted by Crippen LogP contribution is -2.25. The van der Waals surface area contributed by atoms with Crippen molar-refractivity contribution in [3.8, 4) is 11.6 Å². The van der Waals surface area contributed by atoms with E-state index in [2.05, 4.69) is 25.4 Å². The van der Waals surface area contributed by atoms with Crippen LogP contribution in [0.5, 0.6) is 11.6 Å². The van der Waals surface area contributed by atoms with Crippen molar-refractivity contribution in [3.05, 3.63) is 77.6 Å². The van der Waals surface area contributed by atoms with E-state index in [0.717, 1.165) is 17.0 Å². The monoisotopic (exact) mass is 374 g/mol. The molecule has 0 saturated carbocycles. The summed E-state index contributed by atoms with van der Waals surface area (Å²) in [6.45, 7) is 4.00. The summed E-state index contributed by atoms with van der Waals surface area (Å²) >= 11 is 0. The first-order valence-electron chi connectivity index (χ1n) is 8.74. The van der Waals surface area contributed by atoms with Gasteiger partial charge in [-0.3, -0.25) is 9.78 Å². The zero-order valence-electron chi connectivity index (χ0n) is 15.5. The Labute approximate surface area is 161 Å². The van der Waals surface area contributed by atoms with Crippen LogP contribution in [-0.2, 0) is 6.54 Å². The van der Waals surface area contributed by atoms with E-state index >= 15 is 0 Å². The zero-order valence-corrected chi connectivity index (χ0v) is 15.5. The maximum absolute atomic E-state index is 12.6. The highest BCUT2D eigenvalue weighted by Gasteiger charge is 2.14. The summed E-state index contributed by atoms with van der Waals surface area (Å²) in [7, 11) is 0. The van der Waals surface area contributed by atoms with E-state index < -0.39 is 0 Å². The first-order chi connectivity index (χ1) is 13.6. The third-order valence-corrected chi connectivity index (χ3v) is 4.29. The first-order valence-corrected chi connectivity index (χ1v) is 8.74. The third-order valence-electron chi connectivity index (χ3n) is 4.29. The Kier molecular flexibility index (Phi) is 4.67. The van der Waals surface area contributed by atoms with Crippen molar-refractivity contribution in [1.82, 2.24) is 29.9 Å². The van der Waals surface area contributed by atoms with E-state index in [1.807, 2.05) is 32.0 Å². The second kappa shape index (κ2) is 7.43. The predicted molar refractivity (Wildman–Crippen MR) is 102 cm³/mol. The number of rotatable bonds is 5. The molecule has 4 rings (SSSR count). The average Bonchev–Trinajstić information content (AvgIpc) is 3.19. The Bertz CT molecular complexity index is 1140. The fourth-order valence-electron chi connectivity index (χ4n) is 2.76. The molecule has 4 aromatic heterocycles. The molecule has 0 fully saturated rings. The zero-order chi connectivity index (χ0) is 19.5. The molecule has 0 unspecified atom stereocenters. The number of ether oxygens (including phenoxy) is 1. The van der Waals surface area contributed by atoms with Crippen LogP contribution in [0.1, 0.15) is 27.3 Å². The van der Waals surface area contributed by atoms with Crippen molar-refractivity contribution in [2.75, 3.05) is 0 Å². The van der Waals surface area contributed by atoms with Crippen molar-refractivity contribution < 1.29 is 9.53 Å². The molecule has 0 aromatic carbocycles. The van der Waals surface area contributed by atoms with E-state index in [0.29, 0.717) is 22.8 Å². The topological polar surface area (TPSA) is 94.3 Å². The quantitative estimate of drug-likeness (QED) is 0.577. The van der Waals surface area contributed by atoms with Gasteiger partial charge in [0.05, 0.1) is 23.7 Å². The molecule has 0 spiro atoms. The van der Waals surface area contributed by atoms with Crippen molar-refractivity contribution in [3.63, 3.8) is 0 Å². The fourth-order valence-corrected chi connectivity index (χ4v) is 2.76. The van der Waals surface area contributed by atoms with Crippen LogP contribution in [0.15, 0.2) is 55.1 Å². The van der Waals surface area contributed by atoms with Gasteiger partial charge in [-0.05, 0) is 32.0 Å². The molecule has 0 aliphatic carbocycles. The largest absolute Gasteiger partial charge is 0.437 e. The first kappa shape index (κ1) is 17.6. The molecular formula is C20H18N6O2. The van der Waals surface area contributed by atoms with E-state index in [1.165, 1.54) is 0 Å². The Morgan fingerprint density at radius 1 is 1.07 bits per heavy atom. The molecule has 0 bridgehead atoms. The molecule has 8 heteroatoms. The summed E-state index contributed by atoms with van der Waals surface area (Å²) in [5, 5.41) is 7.08. The van der Waals surface area contributed by atoms with Crippen LogP contribution in [-0.4, -0.2) is 30.5 Å². The Balaban J connectivity index is 1.50. The summed E-state index contributed by atoms with van der Waals surface area (Å²) in [4.78, 5) is 25.4. The molecule has 8 nitrogen and oxygen atoms in total. The SMILES string of the molecule is Cc1ccc(Oc2ncccc2CNC(=O)c2cnc3ccnn3c2C)cn1. The number of nitrogens with one attached hydrogen (secondary N) is 1. The maximum atomic E-state index is 12.6. The number of pyridine rings is 2. The van der Waals surface area contributed by atoms with Crippen molar-refractivity contribution in [2.24, 2.45) is 0 Å². The van der Waals surface area contributed by atoms with Crippen LogP contribution in [0.2, 0.25) is 0 Å². The lowest BCUT2D eigenvalue weighted by atomic mass is 10.2. The van der Waals surface area contributed by atoms with E-state index in [4.69, 9.17) is 4.74 Å². The summed E-state index contributed by atoms with van der Waals surface area (Å²) in [5.74, 6) is 0.765. The van der Waals surface area contributed by atoms with Gasteiger partial charge in [-0.1, -0.05) is 6.07 Å². The Morgan fingerprint density at radius 3 is 2.79 bits per heavy atom. The van der Waals surface area contributed by atoms with Gasteiger partial charge in [0.2, 0.25) is 5.88 Å². The number of carbonyl (C=O) groups excluding carboxylic acids is 1. The molecule has 0 saturated heterocycles. The predicted octanol–water partition coefficient (Wildman–Crippen LogP) is 2.86. The highest BCUT2D eigenvalue weighted by molar-refractivity contribution is 5.95. The second-order valence-corrected chi connectivity index (χ2v) is 6.25. The van der Waals surface area contributed by atoms with Crippen LogP contribution in [0, 0.1) is 13.8 Å². The molecule has 4 heterocycles. The van der Waals surface area contributed by atoms with Gasteiger partial charge in [0, 0.05) is 36.3 Å². The number of nitrogens with zero attached hydrogens (tertiary/aromatic N) is 5. The summed E-state index contributed by atoms with van der Waals surface area (Å²) < 4.78 is 7.46. The number of aromatic nitrogens is 5. The van der Waals surface area contributed by atoms with E-state index in [1.54, 1.807) is 41.4 Å². The number of carbonyl (C=O) groups is 1. The third kappa shape index (κ3) is 3.52. The number of fused-ring (bicyclic) bond motifs is 1. The second-order valence-electron chi connectivity index (χ2n) is 6.25. The van der Waals surface area contributed by atoms with Crippen molar-refractivity contribution in [1.29, 1.82) is 0 Å². The minimum Gasteiger partial charge on any atom is -0.437 e. The van der Waals surface area contributed by atoms with Crippen LogP contribution in [0.3, 0.4) is 0 Å². The highest BCUT2D eigenvalue weighted by atomic mass is 16.5. The standard InChI is InChI=1S/C20H18N6O2/c1-13-5-6-16(11-22-13)28-20-15(4-3-8-21-20)10-24-19(27)17-12-23-18-7-9-25-26(18)14(17)2/h3-9,11-12H,10H2,1-2H3,(H,24,27). The van der Waals surface area contributed by atoms with Gasteiger partial charge in [0.15, 0.2) is 5.65 Å². The maximum Gasteiger partial charge on any atom is 0.254 e. The molecule has 1 amide bonds. The average molecular weight is 374 g/mol. The lowest BCUT2D eigenvalue weighted by Gasteiger charge is -2.12. The normalized spacial score (nSPS) is 10.8. The highest BCUT2D eigenvalue weighted by Crippen LogP contribution is 2.22. The van der Waals surface area contributed by atoms with Gasteiger partial charge < -0.3 is 10.1 Å². The van der Waals surface area contributed by atoms with Crippen molar-refractivity contribution in [2.45, 2.75) is 20.4 Å². The molecular weight excluding hydrogens is 356 g/mol. The molecule has 0 aliphatic rings. The summed E-state index contributed by atoms with van der Waals surface area (Å²) in [5.41, 5.74) is 3.54. The fraction of sp³-hybridized carbons (Fsp3) is 0.150. The van der Waals surface area contributed by atoms with Crippen LogP contribution in [0.25, 0.3) is 5.65 Å². The molecule has 140 valence electrons. The summed E-state index contributed by atoms with van der Waals surface area (Å²) in [6, 6.07) is 9.12. The van der Waals surface area contributed by atoms with Gasteiger partial charge >= 0.3 is 0 Å². The number of hydrogen-bond acceptors (Lipinski definition) is 6. The summed E-state index contributed by atoms with van der Waals surface area (Å²) in [6.07, 6.45) is 6.49. The van der Waals surface area contributed by atoms with Crippen LogP contribution >= 0.6 is 0 Å². The number of amides is 1. The molecule has 0 aliphatic heterocycles. The van der Waals surface area contributed by atoms with E-state index in [9.17, 15) is 4.79 Å². The Morgan fingerprint density at radius 2 is 1.96 bits per heavy atom. The molecule has 0 atom stereocenters. The van der Waals surface area contributed by atoms with Crippen LogP contribution in [0.4, 0.5) is 0 Å². The number of hydrogen-bond donors (Lipinski definition) is 1. The lowest BCUT2D eigenvalue weighted by molar-refractivity contribution is 0.0949. The van der Waals surface area contributed by atoms with E-state index in [-0.39, 0.29) is 12.5 Å². The van der Waals surface area contributed by atoms with Gasteiger partial charge in [-0.25, -0.2) is 14.5 Å². The minimum atomic E-state index is -0.241. The van der Waals surface area contributed by atoms with Gasteiger partial charge in [0.1, 0.15) is 5.75 Å².